The molecule has 0 aromatic rings. The first kappa shape index (κ1) is 11.3. The molecule has 0 aromatic carbocycles. The van der Waals surface area contributed by atoms with Crippen molar-refractivity contribution < 1.29 is 9.53 Å². The number of hydrogen-bond donors (Lipinski definition) is 3. The van der Waals surface area contributed by atoms with Crippen LogP contribution >= 0.6 is 0 Å². The minimum atomic E-state index is -0.716. The quantitative estimate of drug-likeness (QED) is 0.556. The van der Waals surface area contributed by atoms with Crippen molar-refractivity contribution in [3.8, 4) is 0 Å². The molecular formula is C9H19N3O2. The summed E-state index contributed by atoms with van der Waals surface area (Å²) >= 11 is 0. The first-order valence-corrected chi connectivity index (χ1v) is 5.09. The van der Waals surface area contributed by atoms with Gasteiger partial charge in [0.1, 0.15) is 6.61 Å². The van der Waals surface area contributed by atoms with Gasteiger partial charge in [0.25, 0.3) is 0 Å². The first-order chi connectivity index (χ1) is 6.68. The molecule has 1 aliphatic carbocycles. The number of primary amides is 1. The Morgan fingerprint density at radius 1 is 1.50 bits per heavy atom. The highest BCUT2D eigenvalue weighted by atomic mass is 16.5. The van der Waals surface area contributed by atoms with Crippen LogP contribution in [0.25, 0.3) is 0 Å². The lowest BCUT2D eigenvalue weighted by atomic mass is 9.92. The van der Waals surface area contributed by atoms with Crippen LogP contribution in [0.4, 0.5) is 4.79 Å². The standard InChI is InChI=1S/C9H19N3O2/c10-7-2-1-3-8(6-7)12-4-5-14-9(11)13/h7-8,12H,1-6,10H2,(H2,11,13). The van der Waals surface area contributed by atoms with E-state index < -0.39 is 6.09 Å². The molecule has 1 fully saturated rings. The molecule has 1 aliphatic rings. The maximum absolute atomic E-state index is 10.3. The molecule has 0 aliphatic heterocycles. The van der Waals surface area contributed by atoms with E-state index in [1.54, 1.807) is 0 Å². The van der Waals surface area contributed by atoms with Crippen molar-refractivity contribution in [2.75, 3.05) is 13.2 Å². The van der Waals surface area contributed by atoms with E-state index in [9.17, 15) is 4.79 Å². The summed E-state index contributed by atoms with van der Waals surface area (Å²) in [7, 11) is 0. The fraction of sp³-hybridized carbons (Fsp3) is 0.889. The second kappa shape index (κ2) is 5.82. The van der Waals surface area contributed by atoms with Gasteiger partial charge >= 0.3 is 6.09 Å². The Balaban J connectivity index is 2.03. The van der Waals surface area contributed by atoms with Crippen LogP contribution in [0.1, 0.15) is 25.7 Å². The molecule has 0 radical (unpaired) electrons. The third kappa shape index (κ3) is 4.43. The van der Waals surface area contributed by atoms with Crippen LogP contribution in [0.3, 0.4) is 0 Å². The van der Waals surface area contributed by atoms with Crippen LogP contribution in [-0.2, 0) is 4.74 Å². The Bertz CT molecular complexity index is 187. The van der Waals surface area contributed by atoms with Crippen LogP contribution < -0.4 is 16.8 Å². The van der Waals surface area contributed by atoms with E-state index in [0.717, 1.165) is 19.3 Å². The monoisotopic (exact) mass is 201 g/mol. The molecule has 82 valence electrons. The topological polar surface area (TPSA) is 90.4 Å². The van der Waals surface area contributed by atoms with Gasteiger partial charge in [0.05, 0.1) is 0 Å². The van der Waals surface area contributed by atoms with Crippen molar-refractivity contribution in [3.63, 3.8) is 0 Å². The lowest BCUT2D eigenvalue weighted by molar-refractivity contribution is 0.154. The summed E-state index contributed by atoms with van der Waals surface area (Å²) in [6, 6.07) is 0.786. The number of carbonyl (C=O) groups is 1. The van der Waals surface area contributed by atoms with Gasteiger partial charge in [-0.2, -0.15) is 0 Å². The fourth-order valence-electron chi connectivity index (χ4n) is 1.83. The highest BCUT2D eigenvalue weighted by Gasteiger charge is 2.18. The smallest absolute Gasteiger partial charge is 0.404 e. The SMILES string of the molecule is NC(=O)OCCNC1CCCC(N)C1. The van der Waals surface area contributed by atoms with Gasteiger partial charge in [-0.1, -0.05) is 6.42 Å². The van der Waals surface area contributed by atoms with Gasteiger partial charge < -0.3 is 21.5 Å². The Morgan fingerprint density at radius 3 is 2.93 bits per heavy atom. The minimum Gasteiger partial charge on any atom is -0.448 e. The Labute approximate surface area is 84.2 Å². The number of carbonyl (C=O) groups excluding carboxylic acids is 1. The summed E-state index contributed by atoms with van der Waals surface area (Å²) in [5.74, 6) is 0. The van der Waals surface area contributed by atoms with E-state index in [0.29, 0.717) is 25.2 Å². The summed E-state index contributed by atoms with van der Waals surface area (Å²) in [4.78, 5) is 10.3. The average molecular weight is 201 g/mol. The van der Waals surface area contributed by atoms with Gasteiger partial charge in [-0.3, -0.25) is 0 Å². The lowest BCUT2D eigenvalue weighted by Gasteiger charge is -2.27. The van der Waals surface area contributed by atoms with Crippen molar-refractivity contribution in [3.05, 3.63) is 0 Å². The zero-order chi connectivity index (χ0) is 10.4. The molecule has 0 heterocycles. The zero-order valence-corrected chi connectivity index (χ0v) is 8.37. The van der Waals surface area contributed by atoms with Crippen molar-refractivity contribution in [2.45, 2.75) is 37.8 Å². The van der Waals surface area contributed by atoms with Gasteiger partial charge in [0.15, 0.2) is 0 Å². The number of nitrogens with two attached hydrogens (primary N) is 2. The summed E-state index contributed by atoms with van der Waals surface area (Å²) < 4.78 is 4.60. The summed E-state index contributed by atoms with van der Waals surface area (Å²) in [6.07, 6.45) is 3.75. The predicted molar refractivity (Wildman–Crippen MR) is 53.8 cm³/mol. The van der Waals surface area contributed by atoms with Crippen molar-refractivity contribution >= 4 is 6.09 Å². The van der Waals surface area contributed by atoms with E-state index in [4.69, 9.17) is 11.5 Å². The van der Waals surface area contributed by atoms with Gasteiger partial charge in [-0.15, -0.1) is 0 Å². The molecule has 5 heteroatoms. The van der Waals surface area contributed by atoms with Gasteiger partial charge in [-0.05, 0) is 19.3 Å². The van der Waals surface area contributed by atoms with E-state index in [-0.39, 0.29) is 0 Å². The molecule has 0 saturated heterocycles. The maximum Gasteiger partial charge on any atom is 0.404 e. The third-order valence-electron chi connectivity index (χ3n) is 2.49. The van der Waals surface area contributed by atoms with Crippen LogP contribution in [0.5, 0.6) is 0 Å². The largest absolute Gasteiger partial charge is 0.448 e. The second-order valence-corrected chi connectivity index (χ2v) is 3.75. The first-order valence-electron chi connectivity index (χ1n) is 5.09. The van der Waals surface area contributed by atoms with Gasteiger partial charge in [0, 0.05) is 18.6 Å². The fourth-order valence-corrected chi connectivity index (χ4v) is 1.83. The average Bonchev–Trinajstić information content (AvgIpc) is 2.12. The van der Waals surface area contributed by atoms with Crippen molar-refractivity contribution in [1.29, 1.82) is 0 Å². The van der Waals surface area contributed by atoms with E-state index in [2.05, 4.69) is 10.1 Å². The summed E-state index contributed by atoms with van der Waals surface area (Å²) in [5, 5.41) is 3.29. The van der Waals surface area contributed by atoms with Gasteiger partial charge in [0.2, 0.25) is 0 Å². The molecule has 14 heavy (non-hydrogen) atoms. The molecule has 2 atom stereocenters. The molecule has 5 nitrogen and oxygen atoms in total. The van der Waals surface area contributed by atoms with E-state index in [1.807, 2.05) is 0 Å². The van der Waals surface area contributed by atoms with Crippen LogP contribution in [0.2, 0.25) is 0 Å². The van der Waals surface area contributed by atoms with E-state index >= 15 is 0 Å². The molecule has 1 rings (SSSR count). The maximum atomic E-state index is 10.3. The molecule has 0 aromatic heterocycles. The second-order valence-electron chi connectivity index (χ2n) is 3.75. The van der Waals surface area contributed by atoms with Crippen molar-refractivity contribution in [2.24, 2.45) is 11.5 Å². The molecule has 2 unspecified atom stereocenters. The Hall–Kier alpha value is -0.810. The number of amides is 1. The van der Waals surface area contributed by atoms with Crippen molar-refractivity contribution in [1.82, 2.24) is 5.32 Å². The molecule has 1 amide bonds. The predicted octanol–water partition coefficient (Wildman–Crippen LogP) is -0.0588. The molecule has 0 bridgehead atoms. The Kier molecular flexibility index (Phi) is 4.69. The van der Waals surface area contributed by atoms with E-state index in [1.165, 1.54) is 6.42 Å². The highest BCUT2D eigenvalue weighted by Crippen LogP contribution is 2.16. The van der Waals surface area contributed by atoms with Gasteiger partial charge in [-0.25, -0.2) is 4.79 Å². The number of ether oxygens (including phenoxy) is 1. The summed E-state index contributed by atoms with van der Waals surface area (Å²) in [6.45, 7) is 0.987. The summed E-state index contributed by atoms with van der Waals surface area (Å²) in [5.41, 5.74) is 10.7. The van der Waals surface area contributed by atoms with Crippen LogP contribution in [-0.4, -0.2) is 31.3 Å². The number of hydrogen-bond acceptors (Lipinski definition) is 4. The molecular weight excluding hydrogens is 182 g/mol. The highest BCUT2D eigenvalue weighted by molar-refractivity contribution is 5.64. The Morgan fingerprint density at radius 2 is 2.29 bits per heavy atom. The minimum absolute atomic E-state index is 0.318. The lowest BCUT2D eigenvalue weighted by Crippen LogP contribution is -2.40. The molecule has 0 spiro atoms. The van der Waals surface area contributed by atoms with Crippen LogP contribution in [0, 0.1) is 0 Å². The van der Waals surface area contributed by atoms with Crippen LogP contribution in [0.15, 0.2) is 0 Å². The molecule has 1 saturated carbocycles. The normalized spacial score (nSPS) is 27.2. The zero-order valence-electron chi connectivity index (χ0n) is 8.37. The number of nitrogens with one attached hydrogen (secondary N) is 1. The third-order valence-corrected chi connectivity index (χ3v) is 2.49. The number of rotatable bonds is 4. The molecule has 5 N–H and O–H groups in total.